The molecule has 0 atom stereocenters. The van der Waals surface area contributed by atoms with Gasteiger partial charge < -0.3 is 5.11 Å². The Labute approximate surface area is 91.9 Å². The molecule has 1 nitrogen and oxygen atoms in total. The Morgan fingerprint density at radius 1 is 1.38 bits per heavy atom. The zero-order chi connectivity index (χ0) is 10.2. The van der Waals surface area contributed by atoms with E-state index in [4.69, 9.17) is 11.6 Å². The van der Waals surface area contributed by atoms with Gasteiger partial charge in [0.2, 0.25) is 0 Å². The Kier molecular flexibility index (Phi) is 3.05. The lowest BCUT2D eigenvalue weighted by Gasteiger charge is -2.20. The Hall–Kier alpha value is -0.0500. The van der Waals surface area contributed by atoms with Crippen LogP contribution in [0.15, 0.2) is 16.6 Å². The van der Waals surface area contributed by atoms with Crippen molar-refractivity contribution in [3.8, 4) is 0 Å². The molecule has 3 heteroatoms. The predicted octanol–water partition coefficient (Wildman–Crippen LogP) is 3.64. The quantitative estimate of drug-likeness (QED) is 0.820. The molecule has 0 aliphatic rings. The number of hydrogen-bond donors (Lipinski definition) is 1. The Morgan fingerprint density at radius 2 is 1.92 bits per heavy atom. The largest absolute Gasteiger partial charge is 0.386 e. The molecule has 0 fully saturated rings. The highest BCUT2D eigenvalue weighted by molar-refractivity contribution is 9.10. The van der Waals surface area contributed by atoms with Gasteiger partial charge in [-0.2, -0.15) is 0 Å². The zero-order valence-corrected chi connectivity index (χ0v) is 10.2. The van der Waals surface area contributed by atoms with Gasteiger partial charge in [-0.05, 0) is 48.3 Å². The van der Waals surface area contributed by atoms with Crippen molar-refractivity contribution in [1.82, 2.24) is 0 Å². The molecule has 1 aromatic rings. The average molecular weight is 264 g/mol. The van der Waals surface area contributed by atoms with Gasteiger partial charge in [-0.25, -0.2) is 0 Å². The molecule has 0 aromatic heterocycles. The monoisotopic (exact) mass is 262 g/mol. The number of aliphatic hydroxyl groups is 1. The molecular weight excluding hydrogens is 251 g/mol. The van der Waals surface area contributed by atoms with Gasteiger partial charge in [0.1, 0.15) is 0 Å². The Morgan fingerprint density at radius 3 is 2.38 bits per heavy atom. The molecule has 0 radical (unpaired) electrons. The molecule has 0 heterocycles. The highest BCUT2D eigenvalue weighted by Gasteiger charge is 2.20. The smallest absolute Gasteiger partial charge is 0.0855 e. The van der Waals surface area contributed by atoms with Crippen molar-refractivity contribution in [2.75, 3.05) is 0 Å². The molecule has 1 aromatic carbocycles. The second-order valence-electron chi connectivity index (χ2n) is 3.67. The van der Waals surface area contributed by atoms with Crippen molar-refractivity contribution in [1.29, 1.82) is 0 Å². The molecule has 0 saturated heterocycles. The fourth-order valence-corrected chi connectivity index (χ4v) is 2.08. The lowest BCUT2D eigenvalue weighted by atomic mass is 9.97. The molecule has 0 aliphatic heterocycles. The van der Waals surface area contributed by atoms with Crippen LogP contribution in [0.2, 0.25) is 5.02 Å². The van der Waals surface area contributed by atoms with Gasteiger partial charge in [-0.15, -0.1) is 0 Å². The number of benzene rings is 1. The third kappa shape index (κ3) is 2.46. The summed E-state index contributed by atoms with van der Waals surface area (Å²) in [5.74, 6) is 0. The van der Waals surface area contributed by atoms with Crippen LogP contribution in [0.3, 0.4) is 0 Å². The molecule has 1 N–H and O–H groups in total. The molecule has 1 rings (SSSR count). The van der Waals surface area contributed by atoms with E-state index in [0.717, 1.165) is 15.6 Å². The fourth-order valence-electron chi connectivity index (χ4n) is 1.17. The molecule has 0 spiro atoms. The van der Waals surface area contributed by atoms with E-state index < -0.39 is 5.60 Å². The molecule has 0 unspecified atom stereocenters. The van der Waals surface area contributed by atoms with Crippen molar-refractivity contribution in [3.63, 3.8) is 0 Å². The maximum Gasteiger partial charge on any atom is 0.0855 e. The second kappa shape index (κ2) is 3.60. The van der Waals surface area contributed by atoms with Crippen molar-refractivity contribution in [2.45, 2.75) is 26.4 Å². The molecule has 0 saturated carbocycles. The first kappa shape index (κ1) is 11.0. The fraction of sp³-hybridized carbons (Fsp3) is 0.400. The van der Waals surface area contributed by atoms with E-state index in [2.05, 4.69) is 15.9 Å². The lowest BCUT2D eigenvalue weighted by molar-refractivity contribution is 0.0786. The normalized spacial score (nSPS) is 11.8. The summed E-state index contributed by atoms with van der Waals surface area (Å²) in [6.45, 7) is 5.41. The third-order valence-corrected chi connectivity index (χ3v) is 3.09. The summed E-state index contributed by atoms with van der Waals surface area (Å²) in [4.78, 5) is 0. The molecule has 13 heavy (non-hydrogen) atoms. The molecule has 0 bridgehead atoms. The average Bonchev–Trinajstić information content (AvgIpc) is 1.94. The van der Waals surface area contributed by atoms with Gasteiger partial charge in [0.25, 0.3) is 0 Å². The van der Waals surface area contributed by atoms with Crippen molar-refractivity contribution in [2.24, 2.45) is 0 Å². The van der Waals surface area contributed by atoms with Gasteiger partial charge in [0.05, 0.1) is 10.6 Å². The third-order valence-electron chi connectivity index (χ3n) is 1.83. The van der Waals surface area contributed by atoms with Crippen molar-refractivity contribution in [3.05, 3.63) is 32.8 Å². The lowest BCUT2D eigenvalue weighted by Crippen LogP contribution is -2.16. The predicted molar refractivity (Wildman–Crippen MR) is 59.1 cm³/mol. The minimum atomic E-state index is -0.897. The van der Waals surface area contributed by atoms with Crippen LogP contribution >= 0.6 is 27.5 Å². The molecule has 72 valence electrons. The van der Waals surface area contributed by atoms with Gasteiger partial charge in [-0.3, -0.25) is 0 Å². The second-order valence-corrected chi connectivity index (χ2v) is 4.90. The van der Waals surface area contributed by atoms with Crippen LogP contribution in [0.5, 0.6) is 0 Å². The summed E-state index contributed by atoms with van der Waals surface area (Å²) in [5.41, 5.74) is 0.931. The SMILES string of the molecule is Cc1cc(Br)c(Cl)c(C(C)(C)O)c1. The van der Waals surface area contributed by atoms with Crippen molar-refractivity contribution >= 4 is 27.5 Å². The highest BCUT2D eigenvalue weighted by atomic mass is 79.9. The maximum absolute atomic E-state index is 9.81. The number of halogens is 2. The van der Waals surface area contributed by atoms with Gasteiger partial charge in [0, 0.05) is 10.0 Å². The topological polar surface area (TPSA) is 20.2 Å². The van der Waals surface area contributed by atoms with Crippen LogP contribution in [0.4, 0.5) is 0 Å². The summed E-state index contributed by atoms with van der Waals surface area (Å²) in [5, 5.41) is 10.4. The standard InChI is InChI=1S/C10H12BrClO/c1-6-4-7(10(2,3)13)9(12)8(11)5-6/h4-5,13H,1-3H3. The maximum atomic E-state index is 9.81. The summed E-state index contributed by atoms with van der Waals surface area (Å²) in [6.07, 6.45) is 0. The molecule has 0 aliphatic carbocycles. The van der Waals surface area contributed by atoms with Crippen LogP contribution in [-0.2, 0) is 5.60 Å². The van der Waals surface area contributed by atoms with E-state index in [1.807, 2.05) is 19.1 Å². The highest BCUT2D eigenvalue weighted by Crippen LogP contribution is 2.34. The van der Waals surface area contributed by atoms with E-state index >= 15 is 0 Å². The summed E-state index contributed by atoms with van der Waals surface area (Å²) < 4.78 is 0.825. The Balaban J connectivity index is 3.37. The first-order valence-corrected chi connectivity index (χ1v) is 5.18. The number of rotatable bonds is 1. The van der Waals surface area contributed by atoms with Crippen LogP contribution in [-0.4, -0.2) is 5.11 Å². The van der Waals surface area contributed by atoms with Crippen LogP contribution in [0, 0.1) is 6.92 Å². The van der Waals surface area contributed by atoms with Gasteiger partial charge in [0.15, 0.2) is 0 Å². The molecule has 0 amide bonds. The minimum absolute atomic E-state index is 0.582. The van der Waals surface area contributed by atoms with Crippen LogP contribution in [0.1, 0.15) is 25.0 Å². The molecular formula is C10H12BrClO. The summed E-state index contributed by atoms with van der Waals surface area (Å²) in [7, 11) is 0. The summed E-state index contributed by atoms with van der Waals surface area (Å²) in [6, 6.07) is 3.82. The first-order valence-electron chi connectivity index (χ1n) is 4.01. The van der Waals surface area contributed by atoms with Crippen LogP contribution in [0.25, 0.3) is 0 Å². The Bertz CT molecular complexity index is 328. The van der Waals surface area contributed by atoms with E-state index in [9.17, 15) is 5.11 Å². The number of hydrogen-bond acceptors (Lipinski definition) is 1. The summed E-state index contributed by atoms with van der Waals surface area (Å²) >= 11 is 9.39. The van der Waals surface area contributed by atoms with E-state index in [0.29, 0.717) is 5.02 Å². The number of aryl methyl sites for hydroxylation is 1. The van der Waals surface area contributed by atoms with Crippen molar-refractivity contribution < 1.29 is 5.11 Å². The van der Waals surface area contributed by atoms with Gasteiger partial charge >= 0.3 is 0 Å². The minimum Gasteiger partial charge on any atom is -0.386 e. The van der Waals surface area contributed by atoms with Gasteiger partial charge in [-0.1, -0.05) is 17.7 Å². The van der Waals surface area contributed by atoms with E-state index in [1.165, 1.54) is 0 Å². The van der Waals surface area contributed by atoms with E-state index in [1.54, 1.807) is 13.8 Å². The van der Waals surface area contributed by atoms with Crippen LogP contribution < -0.4 is 0 Å². The van der Waals surface area contributed by atoms with E-state index in [-0.39, 0.29) is 0 Å². The zero-order valence-electron chi connectivity index (χ0n) is 7.86. The first-order chi connectivity index (χ1) is 5.82.